The lowest BCUT2D eigenvalue weighted by molar-refractivity contribution is 0.461. The van der Waals surface area contributed by atoms with Crippen molar-refractivity contribution in [3.63, 3.8) is 0 Å². The zero-order chi connectivity index (χ0) is 16.2. The quantitative estimate of drug-likeness (QED) is 0.855. The van der Waals surface area contributed by atoms with E-state index in [2.05, 4.69) is 31.9 Å². The molecular weight excluding hydrogens is 310 g/mol. The molecule has 2 N–H and O–H groups in total. The zero-order valence-corrected chi connectivity index (χ0v) is 14.3. The van der Waals surface area contributed by atoms with Gasteiger partial charge in [-0.1, -0.05) is 36.9 Å². The Labute approximate surface area is 141 Å². The molecule has 0 bridgehead atoms. The molecule has 0 aliphatic heterocycles. The van der Waals surface area contributed by atoms with Crippen molar-refractivity contribution < 1.29 is 0 Å². The molecule has 0 radical (unpaired) electrons. The molecule has 0 spiro atoms. The van der Waals surface area contributed by atoms with E-state index in [9.17, 15) is 0 Å². The van der Waals surface area contributed by atoms with Crippen LogP contribution in [0.5, 0.6) is 0 Å². The van der Waals surface area contributed by atoms with E-state index in [1.165, 1.54) is 32.1 Å². The van der Waals surface area contributed by atoms with Gasteiger partial charge >= 0.3 is 0 Å². The van der Waals surface area contributed by atoms with Crippen LogP contribution >= 0.6 is 11.6 Å². The van der Waals surface area contributed by atoms with Crippen LogP contribution in [0.15, 0.2) is 18.3 Å². The Bertz CT molecular complexity index is 659. The molecule has 1 aromatic heterocycles. The Morgan fingerprint density at radius 1 is 1.13 bits per heavy atom. The molecular formula is C17H22ClN5. The molecule has 5 nitrogen and oxygen atoms in total. The highest BCUT2D eigenvalue weighted by Gasteiger charge is 2.14. The molecule has 0 unspecified atom stereocenters. The van der Waals surface area contributed by atoms with Crippen LogP contribution in [-0.4, -0.2) is 21.2 Å². The van der Waals surface area contributed by atoms with Crippen molar-refractivity contribution in [2.24, 2.45) is 0 Å². The van der Waals surface area contributed by atoms with E-state index in [-0.39, 0.29) is 0 Å². The van der Waals surface area contributed by atoms with Gasteiger partial charge in [0.2, 0.25) is 5.95 Å². The highest BCUT2D eigenvalue weighted by atomic mass is 35.5. The van der Waals surface area contributed by atoms with Crippen molar-refractivity contribution in [3.8, 4) is 0 Å². The lowest BCUT2D eigenvalue weighted by Gasteiger charge is -2.23. The SMILES string of the molecule is Cc1cc(C)c(Nc2nncc(NC3CCCCC3)n2)c(Cl)c1. The number of aryl methyl sites for hydroxylation is 2. The molecule has 0 atom stereocenters. The van der Waals surface area contributed by atoms with Crippen molar-refractivity contribution in [1.29, 1.82) is 0 Å². The predicted octanol–water partition coefficient (Wildman–Crippen LogP) is 4.63. The molecule has 1 saturated carbocycles. The van der Waals surface area contributed by atoms with Crippen LogP contribution < -0.4 is 10.6 Å². The lowest BCUT2D eigenvalue weighted by atomic mass is 9.96. The van der Waals surface area contributed by atoms with E-state index < -0.39 is 0 Å². The lowest BCUT2D eigenvalue weighted by Crippen LogP contribution is -2.23. The van der Waals surface area contributed by atoms with Gasteiger partial charge in [-0.25, -0.2) is 0 Å². The summed E-state index contributed by atoms with van der Waals surface area (Å²) in [5.41, 5.74) is 3.02. The van der Waals surface area contributed by atoms with Gasteiger partial charge in [0.15, 0.2) is 5.82 Å². The molecule has 1 heterocycles. The van der Waals surface area contributed by atoms with Crippen molar-refractivity contribution in [3.05, 3.63) is 34.5 Å². The highest BCUT2D eigenvalue weighted by molar-refractivity contribution is 6.33. The molecule has 3 rings (SSSR count). The fourth-order valence-corrected chi connectivity index (χ4v) is 3.44. The monoisotopic (exact) mass is 331 g/mol. The molecule has 6 heteroatoms. The van der Waals surface area contributed by atoms with E-state index in [0.29, 0.717) is 17.0 Å². The van der Waals surface area contributed by atoms with Gasteiger partial charge in [0.25, 0.3) is 0 Å². The molecule has 1 aliphatic rings. The van der Waals surface area contributed by atoms with E-state index in [4.69, 9.17) is 11.6 Å². The normalized spacial score (nSPS) is 15.4. The van der Waals surface area contributed by atoms with Gasteiger partial charge in [0.1, 0.15) is 0 Å². The van der Waals surface area contributed by atoms with Crippen LogP contribution in [0.1, 0.15) is 43.2 Å². The Hall–Kier alpha value is -1.88. The van der Waals surface area contributed by atoms with Crippen LogP contribution in [0.4, 0.5) is 17.5 Å². The minimum absolute atomic E-state index is 0.458. The van der Waals surface area contributed by atoms with Gasteiger partial charge in [-0.05, 0) is 43.9 Å². The van der Waals surface area contributed by atoms with Crippen LogP contribution in [0, 0.1) is 13.8 Å². The maximum atomic E-state index is 6.33. The summed E-state index contributed by atoms with van der Waals surface area (Å²) in [4.78, 5) is 4.51. The second kappa shape index (κ2) is 7.13. The number of rotatable bonds is 4. The number of hydrogen-bond donors (Lipinski definition) is 2. The third-order valence-electron chi connectivity index (χ3n) is 4.18. The maximum Gasteiger partial charge on any atom is 0.249 e. The summed E-state index contributed by atoms with van der Waals surface area (Å²) in [7, 11) is 0. The molecule has 1 fully saturated rings. The Morgan fingerprint density at radius 3 is 2.65 bits per heavy atom. The third kappa shape index (κ3) is 4.10. The second-order valence-corrected chi connectivity index (χ2v) is 6.62. The number of halogens is 1. The molecule has 1 aliphatic carbocycles. The third-order valence-corrected chi connectivity index (χ3v) is 4.48. The van der Waals surface area contributed by atoms with Gasteiger partial charge in [0.05, 0.1) is 16.9 Å². The standard InChI is InChI=1S/C17H22ClN5/c1-11-8-12(2)16(14(18)9-11)22-17-21-15(10-19-23-17)20-13-6-4-3-5-7-13/h8-10,13H,3-7H2,1-2H3,(H2,20,21,22,23). The van der Waals surface area contributed by atoms with Gasteiger partial charge in [-0.15, -0.1) is 5.10 Å². The second-order valence-electron chi connectivity index (χ2n) is 6.21. The first-order valence-electron chi connectivity index (χ1n) is 8.12. The van der Waals surface area contributed by atoms with E-state index in [1.54, 1.807) is 6.20 Å². The fourth-order valence-electron chi connectivity index (χ4n) is 3.07. The molecule has 0 amide bonds. The average molecular weight is 332 g/mol. The first-order valence-corrected chi connectivity index (χ1v) is 8.49. The topological polar surface area (TPSA) is 62.7 Å². The van der Waals surface area contributed by atoms with Crippen LogP contribution in [0.25, 0.3) is 0 Å². The number of anilines is 3. The summed E-state index contributed by atoms with van der Waals surface area (Å²) in [6.07, 6.45) is 7.94. The summed E-state index contributed by atoms with van der Waals surface area (Å²) in [6, 6.07) is 4.48. The average Bonchev–Trinajstić information content (AvgIpc) is 2.52. The van der Waals surface area contributed by atoms with E-state index >= 15 is 0 Å². The number of aromatic nitrogens is 3. The number of nitrogens with one attached hydrogen (secondary N) is 2. The first-order chi connectivity index (χ1) is 11.1. The maximum absolute atomic E-state index is 6.33. The summed E-state index contributed by atoms with van der Waals surface area (Å²) in [5, 5.41) is 15.4. The summed E-state index contributed by atoms with van der Waals surface area (Å²) in [5.74, 6) is 1.22. The predicted molar refractivity (Wildman–Crippen MR) is 94.5 cm³/mol. The van der Waals surface area contributed by atoms with E-state index in [1.807, 2.05) is 19.9 Å². The van der Waals surface area contributed by atoms with Crippen LogP contribution in [0.2, 0.25) is 5.02 Å². The summed E-state index contributed by atoms with van der Waals surface area (Å²) in [6.45, 7) is 4.04. The van der Waals surface area contributed by atoms with Gasteiger partial charge in [0, 0.05) is 6.04 Å². The number of benzene rings is 1. The number of hydrogen-bond acceptors (Lipinski definition) is 5. The van der Waals surface area contributed by atoms with Crippen LogP contribution in [0.3, 0.4) is 0 Å². The minimum atomic E-state index is 0.458. The molecule has 2 aromatic rings. The number of nitrogens with zero attached hydrogens (tertiary/aromatic N) is 3. The molecule has 122 valence electrons. The van der Waals surface area contributed by atoms with E-state index in [0.717, 1.165) is 22.6 Å². The summed E-state index contributed by atoms with van der Waals surface area (Å²) >= 11 is 6.33. The Kier molecular flexibility index (Phi) is 4.96. The largest absolute Gasteiger partial charge is 0.366 e. The van der Waals surface area contributed by atoms with Gasteiger partial charge in [-0.3, -0.25) is 0 Å². The Balaban J connectivity index is 1.75. The van der Waals surface area contributed by atoms with Gasteiger partial charge < -0.3 is 10.6 Å². The fraction of sp³-hybridized carbons (Fsp3) is 0.471. The van der Waals surface area contributed by atoms with Crippen LogP contribution in [-0.2, 0) is 0 Å². The van der Waals surface area contributed by atoms with Crippen molar-refractivity contribution in [2.45, 2.75) is 52.0 Å². The molecule has 0 saturated heterocycles. The smallest absolute Gasteiger partial charge is 0.249 e. The van der Waals surface area contributed by atoms with Crippen molar-refractivity contribution in [1.82, 2.24) is 15.2 Å². The minimum Gasteiger partial charge on any atom is -0.366 e. The van der Waals surface area contributed by atoms with Crippen molar-refractivity contribution >= 4 is 29.1 Å². The summed E-state index contributed by atoms with van der Waals surface area (Å²) < 4.78 is 0. The molecule has 23 heavy (non-hydrogen) atoms. The molecule has 1 aromatic carbocycles. The first kappa shape index (κ1) is 16.0. The van der Waals surface area contributed by atoms with Gasteiger partial charge in [-0.2, -0.15) is 10.1 Å². The van der Waals surface area contributed by atoms with Crippen molar-refractivity contribution in [2.75, 3.05) is 10.6 Å². The zero-order valence-electron chi connectivity index (χ0n) is 13.6. The highest BCUT2D eigenvalue weighted by Crippen LogP contribution is 2.29. The Morgan fingerprint density at radius 2 is 1.91 bits per heavy atom.